The summed E-state index contributed by atoms with van der Waals surface area (Å²) in [5.41, 5.74) is 20.0. The minimum atomic E-state index is -0.0544. The van der Waals surface area contributed by atoms with E-state index in [1.807, 2.05) is 0 Å². The molecule has 0 saturated carbocycles. The van der Waals surface area contributed by atoms with E-state index in [0.29, 0.717) is 5.82 Å². The summed E-state index contributed by atoms with van der Waals surface area (Å²) in [7, 11) is 0. The van der Waals surface area contributed by atoms with Crippen molar-refractivity contribution in [3.63, 3.8) is 0 Å². The quantitative estimate of drug-likeness (QED) is 0.0716. The van der Waals surface area contributed by atoms with Crippen molar-refractivity contribution in [3.05, 3.63) is 192 Å². The van der Waals surface area contributed by atoms with E-state index in [1.165, 1.54) is 140 Å². The van der Waals surface area contributed by atoms with Crippen molar-refractivity contribution < 1.29 is 0 Å². The van der Waals surface area contributed by atoms with Crippen molar-refractivity contribution in [2.45, 2.75) is 123 Å². The van der Waals surface area contributed by atoms with Crippen LogP contribution >= 0.6 is 0 Å². The highest BCUT2D eigenvalue weighted by atomic mass is 15.1. The maximum atomic E-state index is 5.57. The fraction of sp³-hybridized carbons (Fsp3) is 0.288. The van der Waals surface area contributed by atoms with E-state index in [2.05, 4.69) is 202 Å². The van der Waals surface area contributed by atoms with Crippen molar-refractivity contribution in [2.75, 3.05) is 0 Å². The zero-order valence-electron chi connectivity index (χ0n) is 41.9. The Labute approximate surface area is 417 Å². The lowest BCUT2D eigenvalue weighted by molar-refractivity contribution is 0.398. The molecule has 1 aliphatic rings. The Kier molecular flexibility index (Phi) is 14.3. The molecule has 4 nitrogen and oxygen atoms in total. The standard InChI is InChI=1S/C66H68N4/c1-5-7-9-11-13-22-40-66(41-23-14-12-10-8-6-2)58-43-48(4)36-38-56(58)57-39-37-52(45-59(57)66)62-46-61(51-29-25-28-50(44-51)55-33-19-18-32-54(55)49-27-24-26-47(3)42-49)67-64(68-62)65-69-60-34-20-21-35-63(60)70(65)53-30-16-15-17-31-53/h15-21,24-39,42-46H,5-14,22-23,40-41H2,1-4H3. The molecule has 7 aromatic carbocycles. The lowest BCUT2D eigenvalue weighted by atomic mass is 9.70. The second kappa shape index (κ2) is 21.4. The van der Waals surface area contributed by atoms with Crippen molar-refractivity contribution in [1.82, 2.24) is 19.5 Å². The van der Waals surface area contributed by atoms with Crippen molar-refractivity contribution >= 4 is 11.0 Å². The number of fused-ring (bicyclic) bond motifs is 4. The van der Waals surface area contributed by atoms with Crippen LogP contribution in [-0.4, -0.2) is 19.5 Å². The first kappa shape index (κ1) is 46.8. The molecule has 0 atom stereocenters. The van der Waals surface area contributed by atoms with Gasteiger partial charge in [0.2, 0.25) is 0 Å². The van der Waals surface area contributed by atoms with Gasteiger partial charge in [-0.2, -0.15) is 0 Å². The first-order valence-electron chi connectivity index (χ1n) is 26.4. The molecular weight excluding hydrogens is 849 g/mol. The number of imidazole rings is 1. The third kappa shape index (κ3) is 9.66. The van der Waals surface area contributed by atoms with Crippen molar-refractivity contribution in [2.24, 2.45) is 0 Å². The Morgan fingerprint density at radius 1 is 0.400 bits per heavy atom. The summed E-state index contributed by atoms with van der Waals surface area (Å²) < 4.78 is 2.22. The number of nitrogens with zero attached hydrogens (tertiary/aromatic N) is 4. The highest BCUT2D eigenvalue weighted by molar-refractivity contribution is 5.88. The molecule has 70 heavy (non-hydrogen) atoms. The Balaban J connectivity index is 1.14. The third-order valence-corrected chi connectivity index (χ3v) is 15.0. The van der Waals surface area contributed by atoms with Crippen LogP contribution in [0.1, 0.15) is 126 Å². The van der Waals surface area contributed by atoms with E-state index in [-0.39, 0.29) is 5.41 Å². The second-order valence-corrected chi connectivity index (χ2v) is 20.0. The average molecular weight is 917 g/mol. The van der Waals surface area contributed by atoms with Crippen LogP contribution in [0.2, 0.25) is 0 Å². The molecule has 2 heterocycles. The molecule has 352 valence electrons. The summed E-state index contributed by atoms with van der Waals surface area (Å²) in [4.78, 5) is 16.4. The van der Waals surface area contributed by atoms with E-state index in [4.69, 9.17) is 15.0 Å². The number of benzene rings is 7. The molecule has 0 radical (unpaired) electrons. The SMILES string of the molecule is CCCCCCCCC1(CCCCCCCC)c2cc(C)ccc2-c2ccc(-c3cc(-c4cccc(-c5ccccc5-c5cccc(C)c5)c4)nc(-c4nc5ccccc5n4-c4ccccc4)n3)cc21. The van der Waals surface area contributed by atoms with Gasteiger partial charge in [0, 0.05) is 22.2 Å². The Bertz CT molecular complexity index is 3210. The molecule has 0 unspecified atom stereocenters. The Morgan fingerprint density at radius 2 is 0.943 bits per heavy atom. The maximum Gasteiger partial charge on any atom is 0.197 e. The second-order valence-electron chi connectivity index (χ2n) is 20.0. The number of hydrogen-bond acceptors (Lipinski definition) is 3. The molecule has 0 bridgehead atoms. The van der Waals surface area contributed by atoms with E-state index in [9.17, 15) is 0 Å². The lowest BCUT2D eigenvalue weighted by Crippen LogP contribution is -2.25. The van der Waals surface area contributed by atoms with E-state index in [0.717, 1.165) is 50.6 Å². The van der Waals surface area contributed by atoms with E-state index in [1.54, 1.807) is 0 Å². The van der Waals surface area contributed by atoms with Crippen molar-refractivity contribution in [3.8, 4) is 73.2 Å². The molecule has 0 saturated heterocycles. The Hall–Kier alpha value is -6.91. The van der Waals surface area contributed by atoms with Gasteiger partial charge in [0.25, 0.3) is 0 Å². The number of para-hydroxylation sites is 3. The molecule has 9 aromatic rings. The fourth-order valence-electron chi connectivity index (χ4n) is 11.3. The zero-order valence-corrected chi connectivity index (χ0v) is 41.9. The molecule has 2 aromatic heterocycles. The van der Waals surface area contributed by atoms with Gasteiger partial charge < -0.3 is 0 Å². The molecule has 0 spiro atoms. The zero-order chi connectivity index (χ0) is 47.9. The number of hydrogen-bond donors (Lipinski definition) is 0. The summed E-state index contributed by atoms with van der Waals surface area (Å²) in [6.07, 6.45) is 17.8. The average Bonchev–Trinajstić information content (AvgIpc) is 3.92. The molecule has 0 fully saturated rings. The lowest BCUT2D eigenvalue weighted by Gasteiger charge is -2.33. The number of rotatable bonds is 20. The molecule has 0 N–H and O–H groups in total. The summed E-state index contributed by atoms with van der Waals surface area (Å²) in [5.74, 6) is 1.32. The van der Waals surface area contributed by atoms with E-state index < -0.39 is 0 Å². The van der Waals surface area contributed by atoms with Gasteiger partial charge in [0.05, 0.1) is 22.4 Å². The molecule has 0 amide bonds. The van der Waals surface area contributed by atoms with Crippen molar-refractivity contribution in [1.29, 1.82) is 0 Å². The van der Waals surface area contributed by atoms with Crippen LogP contribution in [0.25, 0.3) is 84.3 Å². The molecular formula is C66H68N4. The molecule has 1 aliphatic carbocycles. The summed E-state index contributed by atoms with van der Waals surface area (Å²) >= 11 is 0. The van der Waals surface area contributed by atoms with Crippen LogP contribution in [0.5, 0.6) is 0 Å². The number of aryl methyl sites for hydroxylation is 2. The van der Waals surface area contributed by atoms with Gasteiger partial charge in [-0.15, -0.1) is 0 Å². The highest BCUT2D eigenvalue weighted by Gasteiger charge is 2.42. The van der Waals surface area contributed by atoms with Gasteiger partial charge in [-0.1, -0.05) is 229 Å². The largest absolute Gasteiger partial charge is 0.290 e. The summed E-state index contributed by atoms with van der Waals surface area (Å²) in [6.45, 7) is 9.07. The third-order valence-electron chi connectivity index (χ3n) is 15.0. The number of aromatic nitrogens is 4. The topological polar surface area (TPSA) is 43.6 Å². The fourth-order valence-corrected chi connectivity index (χ4v) is 11.3. The van der Waals surface area contributed by atoms with Crippen LogP contribution in [0.4, 0.5) is 0 Å². The molecule has 4 heteroatoms. The van der Waals surface area contributed by atoms with Crippen LogP contribution in [0.3, 0.4) is 0 Å². The molecule has 0 aliphatic heterocycles. The first-order valence-corrected chi connectivity index (χ1v) is 26.4. The summed E-state index contributed by atoms with van der Waals surface area (Å²) in [5, 5.41) is 0. The Morgan fingerprint density at radius 3 is 1.63 bits per heavy atom. The molecule has 10 rings (SSSR count). The van der Waals surface area contributed by atoms with Crippen LogP contribution in [0, 0.1) is 13.8 Å². The van der Waals surface area contributed by atoms with Gasteiger partial charge in [-0.05, 0) is 114 Å². The van der Waals surface area contributed by atoms with Crippen LogP contribution in [-0.2, 0) is 5.41 Å². The van der Waals surface area contributed by atoms with Gasteiger partial charge in [-0.3, -0.25) is 4.57 Å². The minimum Gasteiger partial charge on any atom is -0.290 e. The van der Waals surface area contributed by atoms with Crippen LogP contribution in [0.15, 0.2) is 170 Å². The maximum absolute atomic E-state index is 5.57. The van der Waals surface area contributed by atoms with Gasteiger partial charge in [-0.25, -0.2) is 15.0 Å². The predicted molar refractivity (Wildman–Crippen MR) is 296 cm³/mol. The monoisotopic (exact) mass is 917 g/mol. The normalized spacial score (nSPS) is 12.6. The van der Waals surface area contributed by atoms with Gasteiger partial charge >= 0.3 is 0 Å². The summed E-state index contributed by atoms with van der Waals surface area (Å²) in [6, 6.07) is 62.1. The van der Waals surface area contributed by atoms with Gasteiger partial charge in [0.1, 0.15) is 0 Å². The minimum absolute atomic E-state index is 0.0544. The smallest absolute Gasteiger partial charge is 0.197 e. The highest BCUT2D eigenvalue weighted by Crippen LogP contribution is 2.55. The van der Waals surface area contributed by atoms with E-state index >= 15 is 0 Å². The number of unbranched alkanes of at least 4 members (excludes halogenated alkanes) is 10. The van der Waals surface area contributed by atoms with Gasteiger partial charge in [0.15, 0.2) is 11.6 Å². The predicted octanol–water partition coefficient (Wildman–Crippen LogP) is 18.5. The first-order chi connectivity index (χ1) is 34.4. The van der Waals surface area contributed by atoms with Crippen LogP contribution < -0.4 is 0 Å².